The number of amides is 1. The maximum atomic E-state index is 12.4. The fourth-order valence-electron chi connectivity index (χ4n) is 2.46. The minimum atomic E-state index is -0.769. The second-order valence-electron chi connectivity index (χ2n) is 6.26. The van der Waals surface area contributed by atoms with Crippen molar-refractivity contribution in [3.63, 3.8) is 0 Å². The Kier molecular flexibility index (Phi) is 8.06. The third-order valence-corrected chi connectivity index (χ3v) is 5.41. The van der Waals surface area contributed by atoms with Gasteiger partial charge in [-0.25, -0.2) is 10.2 Å². The summed E-state index contributed by atoms with van der Waals surface area (Å²) >= 11 is 13.3. The van der Waals surface area contributed by atoms with Crippen LogP contribution in [0.5, 0.6) is 11.5 Å². The van der Waals surface area contributed by atoms with E-state index in [1.54, 1.807) is 54.6 Å². The van der Waals surface area contributed by atoms with Gasteiger partial charge in [-0.1, -0.05) is 36.2 Å². The molecule has 9 heteroatoms. The third kappa shape index (κ3) is 6.55. The van der Waals surface area contributed by atoms with Crippen LogP contribution in [0.1, 0.15) is 28.6 Å². The number of halogens is 2. The topological polar surface area (TPSA) is 77.0 Å². The first-order valence-corrected chi connectivity index (χ1v) is 10.9. The number of hydrogen-bond donors (Lipinski definition) is 1. The number of esters is 1. The van der Waals surface area contributed by atoms with Crippen LogP contribution in [0, 0.1) is 0 Å². The van der Waals surface area contributed by atoms with E-state index in [9.17, 15) is 9.59 Å². The maximum absolute atomic E-state index is 12.4. The van der Waals surface area contributed by atoms with E-state index in [-0.39, 0.29) is 0 Å². The molecular weight excluding hydrogens is 459 g/mol. The molecule has 0 spiro atoms. The van der Waals surface area contributed by atoms with Gasteiger partial charge in [0, 0.05) is 5.02 Å². The van der Waals surface area contributed by atoms with Gasteiger partial charge in [0.25, 0.3) is 5.91 Å². The Bertz CT molecular complexity index is 1070. The summed E-state index contributed by atoms with van der Waals surface area (Å²) in [5.41, 5.74) is 3.16. The fourth-order valence-corrected chi connectivity index (χ4v) is 3.51. The highest BCUT2D eigenvalue weighted by Gasteiger charge is 2.19. The standard InChI is InChI=1S/C22H18Cl2N2O4S/c1-2-18(30-19-10-7-15(23)12-17(19)24)21(27)26-25-13-14-5-8-16(9-6-14)29-22(28)20-4-3-11-31-20/h3-13,18H,2H2,1H3,(H,26,27)/b25-13-/t18-/m1/s1. The molecule has 0 aliphatic carbocycles. The molecule has 2 aromatic carbocycles. The Morgan fingerprint density at radius 2 is 1.94 bits per heavy atom. The highest BCUT2D eigenvalue weighted by atomic mass is 35.5. The van der Waals surface area contributed by atoms with Crippen LogP contribution in [0.4, 0.5) is 0 Å². The molecule has 1 amide bonds. The molecule has 31 heavy (non-hydrogen) atoms. The van der Waals surface area contributed by atoms with Crippen LogP contribution < -0.4 is 14.9 Å². The number of nitrogens with zero attached hydrogens (tertiary/aromatic N) is 1. The molecular formula is C22H18Cl2N2O4S. The van der Waals surface area contributed by atoms with Crippen molar-refractivity contribution in [1.82, 2.24) is 5.43 Å². The zero-order valence-electron chi connectivity index (χ0n) is 16.4. The summed E-state index contributed by atoms with van der Waals surface area (Å²) in [4.78, 5) is 24.8. The second kappa shape index (κ2) is 10.9. The van der Waals surface area contributed by atoms with Crippen molar-refractivity contribution in [2.24, 2.45) is 5.10 Å². The van der Waals surface area contributed by atoms with Gasteiger partial charge < -0.3 is 9.47 Å². The monoisotopic (exact) mass is 476 g/mol. The molecule has 0 fully saturated rings. The summed E-state index contributed by atoms with van der Waals surface area (Å²) in [6.07, 6.45) is 1.13. The molecule has 0 unspecified atom stereocenters. The zero-order valence-corrected chi connectivity index (χ0v) is 18.7. The van der Waals surface area contributed by atoms with Crippen LogP contribution in [0.15, 0.2) is 65.1 Å². The third-order valence-electron chi connectivity index (χ3n) is 4.03. The van der Waals surface area contributed by atoms with Gasteiger partial charge in [0.2, 0.25) is 0 Å². The van der Waals surface area contributed by atoms with E-state index in [0.717, 1.165) is 0 Å². The minimum Gasteiger partial charge on any atom is -0.479 e. The van der Waals surface area contributed by atoms with E-state index >= 15 is 0 Å². The minimum absolute atomic E-state index is 0.321. The maximum Gasteiger partial charge on any atom is 0.353 e. The van der Waals surface area contributed by atoms with Gasteiger partial charge in [-0.05, 0) is 65.9 Å². The van der Waals surface area contributed by atoms with Crippen molar-refractivity contribution in [3.8, 4) is 11.5 Å². The first kappa shape index (κ1) is 22.8. The second-order valence-corrected chi connectivity index (χ2v) is 8.05. The van der Waals surface area contributed by atoms with Crippen molar-refractivity contribution in [3.05, 3.63) is 80.5 Å². The molecule has 0 radical (unpaired) electrons. The lowest BCUT2D eigenvalue weighted by molar-refractivity contribution is -0.128. The molecule has 0 saturated heterocycles. The van der Waals surface area contributed by atoms with Crippen LogP contribution in [0.25, 0.3) is 0 Å². The van der Waals surface area contributed by atoms with E-state index < -0.39 is 18.0 Å². The number of thiophene rings is 1. The van der Waals surface area contributed by atoms with Gasteiger partial charge in [-0.3, -0.25) is 4.79 Å². The predicted octanol–water partition coefficient (Wildman–Crippen LogP) is 5.58. The zero-order chi connectivity index (χ0) is 22.2. The molecule has 160 valence electrons. The SMILES string of the molecule is CC[C@@H](Oc1ccc(Cl)cc1Cl)C(=O)N/N=C\c1ccc(OC(=O)c2cccs2)cc1. The molecule has 1 heterocycles. The van der Waals surface area contributed by atoms with Crippen LogP contribution >= 0.6 is 34.5 Å². The molecule has 6 nitrogen and oxygen atoms in total. The highest BCUT2D eigenvalue weighted by Crippen LogP contribution is 2.28. The Labute approximate surface area is 193 Å². The molecule has 0 aliphatic rings. The molecule has 3 aromatic rings. The van der Waals surface area contributed by atoms with Crippen LogP contribution in [0.2, 0.25) is 10.0 Å². The van der Waals surface area contributed by atoms with Crippen LogP contribution in [-0.2, 0) is 4.79 Å². The average molecular weight is 477 g/mol. The van der Waals surface area contributed by atoms with E-state index in [0.29, 0.717) is 38.4 Å². The Morgan fingerprint density at radius 1 is 1.16 bits per heavy atom. The summed E-state index contributed by atoms with van der Waals surface area (Å²) in [5.74, 6) is -0.0371. The Morgan fingerprint density at radius 3 is 2.58 bits per heavy atom. The van der Waals surface area contributed by atoms with Crippen molar-refractivity contribution < 1.29 is 19.1 Å². The summed E-state index contributed by atoms with van der Waals surface area (Å²) in [6.45, 7) is 1.81. The van der Waals surface area contributed by atoms with Gasteiger partial charge >= 0.3 is 5.97 Å². The normalized spacial score (nSPS) is 11.8. The number of hydrogen-bond acceptors (Lipinski definition) is 6. The van der Waals surface area contributed by atoms with Crippen molar-refractivity contribution in [2.45, 2.75) is 19.4 Å². The molecule has 0 saturated carbocycles. The number of carbonyl (C=O) groups is 2. The van der Waals surface area contributed by atoms with Gasteiger partial charge in [0.1, 0.15) is 16.4 Å². The van der Waals surface area contributed by atoms with E-state index in [4.69, 9.17) is 32.7 Å². The van der Waals surface area contributed by atoms with Gasteiger partial charge in [0.05, 0.1) is 11.2 Å². The molecule has 1 N–H and O–H groups in total. The summed E-state index contributed by atoms with van der Waals surface area (Å²) in [6, 6.07) is 15.0. The quantitative estimate of drug-likeness (QED) is 0.199. The largest absolute Gasteiger partial charge is 0.479 e. The van der Waals surface area contributed by atoms with Crippen LogP contribution in [0.3, 0.4) is 0 Å². The first-order chi connectivity index (χ1) is 15.0. The van der Waals surface area contributed by atoms with E-state index in [2.05, 4.69) is 10.5 Å². The van der Waals surface area contributed by atoms with E-state index in [1.165, 1.54) is 17.6 Å². The lowest BCUT2D eigenvalue weighted by Gasteiger charge is -2.16. The number of carbonyl (C=O) groups excluding carboxylic acids is 2. The van der Waals surface area contributed by atoms with Crippen molar-refractivity contribution in [1.29, 1.82) is 0 Å². The number of hydrazone groups is 1. The number of benzene rings is 2. The predicted molar refractivity (Wildman–Crippen MR) is 123 cm³/mol. The van der Waals surface area contributed by atoms with E-state index in [1.807, 2.05) is 12.3 Å². The lowest BCUT2D eigenvalue weighted by atomic mass is 10.2. The summed E-state index contributed by atoms with van der Waals surface area (Å²) < 4.78 is 11.0. The first-order valence-electron chi connectivity index (χ1n) is 9.26. The van der Waals surface area contributed by atoms with Gasteiger partial charge in [0.15, 0.2) is 6.10 Å². The lowest BCUT2D eigenvalue weighted by Crippen LogP contribution is -2.35. The van der Waals surface area contributed by atoms with Gasteiger partial charge in [-0.2, -0.15) is 5.10 Å². The van der Waals surface area contributed by atoms with Crippen molar-refractivity contribution >= 4 is 52.6 Å². The number of ether oxygens (including phenoxy) is 2. The number of rotatable bonds is 8. The summed E-state index contributed by atoms with van der Waals surface area (Å²) in [5, 5.41) is 6.56. The summed E-state index contributed by atoms with van der Waals surface area (Å²) in [7, 11) is 0. The van der Waals surface area contributed by atoms with Crippen molar-refractivity contribution in [2.75, 3.05) is 0 Å². The molecule has 0 aliphatic heterocycles. The van der Waals surface area contributed by atoms with Gasteiger partial charge in [-0.15, -0.1) is 11.3 Å². The smallest absolute Gasteiger partial charge is 0.353 e. The Hall–Kier alpha value is -2.87. The fraction of sp³-hybridized carbons (Fsp3) is 0.136. The van der Waals surface area contributed by atoms with Crippen LogP contribution in [-0.4, -0.2) is 24.2 Å². The highest BCUT2D eigenvalue weighted by molar-refractivity contribution is 7.12. The molecule has 3 rings (SSSR count). The number of nitrogens with one attached hydrogen (secondary N) is 1. The Balaban J connectivity index is 1.53. The molecule has 0 bridgehead atoms. The molecule has 1 atom stereocenters. The molecule has 1 aromatic heterocycles. The average Bonchev–Trinajstić information content (AvgIpc) is 3.29.